The molecule has 6 heteroatoms. The standard InChI is InChI=1S/C15H14F3IN2/c1-2-21-14(10-3-5-11(19)6-4-10)12-9-20-8-7-13(12)15(16,17)18/h3-9,14,21H,2H2,1H3. The van der Waals surface area contributed by atoms with Crippen LogP contribution in [0.5, 0.6) is 0 Å². The number of nitrogens with one attached hydrogen (secondary N) is 1. The number of halogens is 4. The summed E-state index contributed by atoms with van der Waals surface area (Å²) >= 11 is 2.16. The minimum Gasteiger partial charge on any atom is -0.306 e. The maximum absolute atomic E-state index is 13.2. The molecule has 1 aromatic heterocycles. The number of pyridine rings is 1. The first-order chi connectivity index (χ1) is 9.93. The second-order valence-electron chi connectivity index (χ2n) is 4.50. The summed E-state index contributed by atoms with van der Waals surface area (Å²) in [5.74, 6) is 0. The van der Waals surface area contributed by atoms with Gasteiger partial charge in [0.1, 0.15) is 0 Å². The summed E-state index contributed by atoms with van der Waals surface area (Å²) in [6, 6.07) is 7.92. The van der Waals surface area contributed by atoms with E-state index in [1.807, 2.05) is 31.2 Å². The molecule has 112 valence electrons. The molecule has 2 nitrogen and oxygen atoms in total. The predicted octanol–water partition coefficient (Wildman–Crippen LogP) is 4.40. The third kappa shape index (κ3) is 3.94. The monoisotopic (exact) mass is 406 g/mol. The van der Waals surface area contributed by atoms with Crippen LogP contribution in [0.25, 0.3) is 0 Å². The molecule has 0 aliphatic carbocycles. The predicted molar refractivity (Wildman–Crippen MR) is 83.9 cm³/mol. The van der Waals surface area contributed by atoms with Crippen molar-refractivity contribution in [3.8, 4) is 0 Å². The molecular formula is C15H14F3IN2. The van der Waals surface area contributed by atoms with E-state index in [1.165, 1.54) is 12.4 Å². The smallest absolute Gasteiger partial charge is 0.306 e. The van der Waals surface area contributed by atoms with Gasteiger partial charge >= 0.3 is 6.18 Å². The Morgan fingerprint density at radius 1 is 1.19 bits per heavy atom. The number of alkyl halides is 3. The van der Waals surface area contributed by atoms with Crippen LogP contribution in [0, 0.1) is 3.57 Å². The first-order valence-electron chi connectivity index (χ1n) is 6.43. The number of aromatic nitrogens is 1. The van der Waals surface area contributed by atoms with Crippen LogP contribution in [0.1, 0.15) is 29.7 Å². The third-order valence-electron chi connectivity index (χ3n) is 3.08. The Bertz CT molecular complexity index is 597. The maximum atomic E-state index is 13.2. The zero-order valence-corrected chi connectivity index (χ0v) is 13.4. The molecule has 1 aromatic carbocycles. The van der Waals surface area contributed by atoms with Crippen LogP contribution in [0.2, 0.25) is 0 Å². The Hall–Kier alpha value is -1.15. The Labute approximate surface area is 134 Å². The lowest BCUT2D eigenvalue weighted by molar-refractivity contribution is -0.138. The molecule has 0 fully saturated rings. The van der Waals surface area contributed by atoms with Crippen molar-refractivity contribution in [2.75, 3.05) is 6.54 Å². The van der Waals surface area contributed by atoms with Gasteiger partial charge in [-0.05, 0) is 52.9 Å². The third-order valence-corrected chi connectivity index (χ3v) is 3.80. The van der Waals surface area contributed by atoms with E-state index >= 15 is 0 Å². The summed E-state index contributed by atoms with van der Waals surface area (Å²) in [7, 11) is 0. The van der Waals surface area contributed by atoms with Crippen molar-refractivity contribution < 1.29 is 13.2 Å². The molecule has 0 amide bonds. The van der Waals surface area contributed by atoms with Gasteiger partial charge in [-0.15, -0.1) is 0 Å². The van der Waals surface area contributed by atoms with E-state index in [2.05, 4.69) is 32.9 Å². The molecule has 2 aromatic rings. The van der Waals surface area contributed by atoms with Crippen molar-refractivity contribution in [2.24, 2.45) is 0 Å². The van der Waals surface area contributed by atoms with E-state index < -0.39 is 17.8 Å². The minimum atomic E-state index is -4.39. The largest absolute Gasteiger partial charge is 0.416 e. The van der Waals surface area contributed by atoms with Crippen LogP contribution >= 0.6 is 22.6 Å². The molecule has 0 saturated heterocycles. The van der Waals surface area contributed by atoms with E-state index in [-0.39, 0.29) is 5.56 Å². The van der Waals surface area contributed by atoms with Crippen LogP contribution in [-0.4, -0.2) is 11.5 Å². The van der Waals surface area contributed by atoms with E-state index in [1.54, 1.807) is 0 Å². The highest BCUT2D eigenvalue weighted by Crippen LogP contribution is 2.36. The van der Waals surface area contributed by atoms with Gasteiger partial charge in [-0.1, -0.05) is 19.1 Å². The van der Waals surface area contributed by atoms with Crippen molar-refractivity contribution in [3.63, 3.8) is 0 Å². The van der Waals surface area contributed by atoms with Gasteiger partial charge in [0.15, 0.2) is 0 Å². The van der Waals surface area contributed by atoms with Crippen LogP contribution in [0.3, 0.4) is 0 Å². The molecule has 0 aliphatic heterocycles. The van der Waals surface area contributed by atoms with E-state index in [0.29, 0.717) is 6.54 Å². The highest BCUT2D eigenvalue weighted by molar-refractivity contribution is 14.1. The van der Waals surface area contributed by atoms with Gasteiger partial charge in [0.05, 0.1) is 11.6 Å². The summed E-state index contributed by atoms with van der Waals surface area (Å²) in [6.45, 7) is 2.42. The number of nitrogens with zero attached hydrogens (tertiary/aromatic N) is 1. The van der Waals surface area contributed by atoms with E-state index in [9.17, 15) is 13.2 Å². The van der Waals surface area contributed by atoms with Gasteiger partial charge in [0, 0.05) is 21.5 Å². The van der Waals surface area contributed by atoms with Gasteiger partial charge in [0.2, 0.25) is 0 Å². The zero-order valence-electron chi connectivity index (χ0n) is 11.3. The topological polar surface area (TPSA) is 24.9 Å². The molecule has 0 bridgehead atoms. The molecule has 1 atom stereocenters. The first kappa shape index (κ1) is 16.2. The number of rotatable bonds is 4. The Morgan fingerprint density at radius 2 is 1.86 bits per heavy atom. The highest BCUT2D eigenvalue weighted by atomic mass is 127. The summed E-state index contributed by atoms with van der Waals surface area (Å²) < 4.78 is 40.6. The lowest BCUT2D eigenvalue weighted by Crippen LogP contribution is -2.25. The Morgan fingerprint density at radius 3 is 2.43 bits per heavy atom. The van der Waals surface area contributed by atoms with Crippen LogP contribution in [0.4, 0.5) is 13.2 Å². The molecule has 0 radical (unpaired) electrons. The molecular weight excluding hydrogens is 392 g/mol. The van der Waals surface area contributed by atoms with Crippen molar-refractivity contribution >= 4 is 22.6 Å². The van der Waals surface area contributed by atoms with Gasteiger partial charge < -0.3 is 5.32 Å². The van der Waals surface area contributed by atoms with E-state index in [4.69, 9.17) is 0 Å². The van der Waals surface area contributed by atoms with Crippen molar-refractivity contribution in [2.45, 2.75) is 19.1 Å². The summed E-state index contributed by atoms with van der Waals surface area (Å²) in [4.78, 5) is 3.86. The van der Waals surface area contributed by atoms with Crippen molar-refractivity contribution in [1.82, 2.24) is 10.3 Å². The molecule has 1 N–H and O–H groups in total. The molecule has 1 heterocycles. The van der Waals surface area contributed by atoms with Gasteiger partial charge in [-0.3, -0.25) is 4.98 Å². The molecule has 1 unspecified atom stereocenters. The molecule has 0 spiro atoms. The minimum absolute atomic E-state index is 0.146. The van der Waals surface area contributed by atoms with Gasteiger partial charge in [-0.25, -0.2) is 0 Å². The molecule has 0 aliphatic rings. The lowest BCUT2D eigenvalue weighted by atomic mass is 9.96. The molecule has 2 rings (SSSR count). The maximum Gasteiger partial charge on any atom is 0.416 e. The number of benzene rings is 1. The SMILES string of the molecule is CCNC(c1ccc(I)cc1)c1cnccc1C(F)(F)F. The van der Waals surface area contributed by atoms with Crippen molar-refractivity contribution in [3.05, 3.63) is 63.0 Å². The van der Waals surface area contributed by atoms with Crippen LogP contribution in [0.15, 0.2) is 42.7 Å². The number of hydrogen-bond acceptors (Lipinski definition) is 2. The Balaban J connectivity index is 2.51. The van der Waals surface area contributed by atoms with Crippen LogP contribution in [-0.2, 0) is 6.18 Å². The fourth-order valence-electron chi connectivity index (χ4n) is 2.16. The normalized spacial score (nSPS) is 13.2. The summed E-state index contributed by atoms with van der Waals surface area (Å²) in [5.41, 5.74) is 0.283. The fourth-order valence-corrected chi connectivity index (χ4v) is 2.52. The second-order valence-corrected chi connectivity index (χ2v) is 5.75. The summed E-state index contributed by atoms with van der Waals surface area (Å²) in [6.07, 6.45) is -1.94. The number of hydrogen-bond donors (Lipinski definition) is 1. The van der Waals surface area contributed by atoms with Crippen molar-refractivity contribution in [1.29, 1.82) is 0 Å². The molecule has 0 saturated carbocycles. The molecule has 21 heavy (non-hydrogen) atoms. The average Bonchev–Trinajstić information content (AvgIpc) is 2.45. The second kappa shape index (κ2) is 6.74. The highest BCUT2D eigenvalue weighted by Gasteiger charge is 2.35. The quantitative estimate of drug-likeness (QED) is 0.762. The zero-order chi connectivity index (χ0) is 15.5. The Kier molecular flexibility index (Phi) is 5.21. The van der Waals surface area contributed by atoms with Gasteiger partial charge in [-0.2, -0.15) is 13.2 Å². The van der Waals surface area contributed by atoms with E-state index in [0.717, 1.165) is 15.2 Å². The lowest BCUT2D eigenvalue weighted by Gasteiger charge is -2.22. The first-order valence-corrected chi connectivity index (χ1v) is 7.51. The summed E-state index contributed by atoms with van der Waals surface area (Å²) in [5, 5.41) is 3.10. The van der Waals surface area contributed by atoms with Crippen LogP contribution < -0.4 is 5.32 Å². The van der Waals surface area contributed by atoms with Gasteiger partial charge in [0.25, 0.3) is 0 Å². The average molecular weight is 406 g/mol. The fraction of sp³-hybridized carbons (Fsp3) is 0.267.